The van der Waals surface area contributed by atoms with Crippen molar-refractivity contribution in [2.75, 3.05) is 6.61 Å². The number of allylic oxidation sites excluding steroid dienone is 1. The molecule has 0 spiro atoms. The topological polar surface area (TPSA) is 102 Å². The van der Waals surface area contributed by atoms with E-state index in [0.29, 0.717) is 17.1 Å². The molecule has 0 unspecified atom stereocenters. The van der Waals surface area contributed by atoms with E-state index in [1.54, 1.807) is 32.1 Å². The lowest BCUT2D eigenvalue weighted by Gasteiger charge is -2.18. The molecule has 1 aliphatic rings. The molecule has 1 aliphatic heterocycles. The predicted octanol–water partition coefficient (Wildman–Crippen LogP) is 2.97. The molecule has 0 bridgehead atoms. The number of carbonyl (C=O) groups is 3. The number of aliphatic carboxylic acids is 1. The number of nitrogens with one attached hydrogen (secondary N) is 1. The molecule has 0 aliphatic carbocycles. The Labute approximate surface area is 165 Å². The van der Waals surface area contributed by atoms with Crippen molar-refractivity contribution in [1.29, 1.82) is 0 Å². The van der Waals surface area contributed by atoms with Gasteiger partial charge in [-0.3, -0.25) is 9.59 Å². The van der Waals surface area contributed by atoms with Gasteiger partial charge >= 0.3 is 5.97 Å². The van der Waals surface area contributed by atoms with Crippen LogP contribution in [0.3, 0.4) is 0 Å². The summed E-state index contributed by atoms with van der Waals surface area (Å²) < 4.78 is 11.0. The fraction of sp³-hybridized carbons (Fsp3) is 0.250. The van der Waals surface area contributed by atoms with Crippen molar-refractivity contribution in [3.05, 3.63) is 51.9 Å². The maximum absolute atomic E-state index is 12.4. The van der Waals surface area contributed by atoms with Gasteiger partial charge in [-0.05, 0) is 29.5 Å². The zero-order valence-corrected chi connectivity index (χ0v) is 16.1. The van der Waals surface area contributed by atoms with Crippen LogP contribution in [-0.4, -0.2) is 35.4 Å². The Morgan fingerprint density at radius 2 is 2.11 bits per heavy atom. The highest BCUT2D eigenvalue weighted by atomic mass is 32.1. The molecular formula is C20H19NO6S. The molecular weight excluding hydrogens is 382 g/mol. The highest BCUT2D eigenvalue weighted by molar-refractivity contribution is 7.10. The minimum absolute atomic E-state index is 0.214. The molecule has 0 saturated heterocycles. The Morgan fingerprint density at radius 3 is 2.75 bits per heavy atom. The zero-order chi connectivity index (χ0) is 20.3. The third kappa shape index (κ3) is 4.40. The number of ketones is 1. The van der Waals surface area contributed by atoms with E-state index in [2.05, 4.69) is 5.32 Å². The fourth-order valence-corrected chi connectivity index (χ4v) is 3.28. The molecule has 2 N–H and O–H groups in total. The molecule has 28 heavy (non-hydrogen) atoms. The lowest BCUT2D eigenvalue weighted by atomic mass is 10.1. The first-order valence-corrected chi connectivity index (χ1v) is 9.50. The minimum atomic E-state index is -1.10. The third-order valence-corrected chi connectivity index (χ3v) is 4.90. The van der Waals surface area contributed by atoms with Gasteiger partial charge in [0.25, 0.3) is 5.91 Å². The molecule has 1 amide bonds. The summed E-state index contributed by atoms with van der Waals surface area (Å²) in [6.07, 6.45) is 1.68. The summed E-state index contributed by atoms with van der Waals surface area (Å²) in [5.41, 5.74) is 0.422. The number of amides is 1. The average Bonchev–Trinajstić information content (AvgIpc) is 3.26. The molecule has 7 nitrogen and oxygen atoms in total. The second kappa shape index (κ2) is 8.26. The Morgan fingerprint density at radius 1 is 1.32 bits per heavy atom. The van der Waals surface area contributed by atoms with Gasteiger partial charge in [0, 0.05) is 17.0 Å². The molecule has 2 aromatic rings. The first-order chi connectivity index (χ1) is 13.3. The van der Waals surface area contributed by atoms with Crippen LogP contribution < -0.4 is 14.8 Å². The van der Waals surface area contributed by atoms with Crippen LogP contribution in [0.1, 0.15) is 29.1 Å². The van der Waals surface area contributed by atoms with Crippen LogP contribution in [0.2, 0.25) is 0 Å². The van der Waals surface area contributed by atoms with E-state index in [4.69, 9.17) is 14.6 Å². The van der Waals surface area contributed by atoms with E-state index in [9.17, 15) is 14.4 Å². The Balaban J connectivity index is 1.64. The Bertz CT molecular complexity index is 932. The van der Waals surface area contributed by atoms with Crippen molar-refractivity contribution in [2.45, 2.75) is 19.9 Å². The number of hydrogen-bond donors (Lipinski definition) is 2. The molecule has 0 fully saturated rings. The zero-order valence-electron chi connectivity index (χ0n) is 15.3. The number of ether oxygens (including phenoxy) is 2. The third-order valence-electron chi connectivity index (χ3n) is 4.08. The quantitative estimate of drug-likeness (QED) is 0.692. The second-order valence-electron chi connectivity index (χ2n) is 6.53. The van der Waals surface area contributed by atoms with Crippen LogP contribution in [0.5, 0.6) is 11.5 Å². The first-order valence-electron chi connectivity index (χ1n) is 8.62. The van der Waals surface area contributed by atoms with Crippen LogP contribution in [0.25, 0.3) is 6.08 Å². The van der Waals surface area contributed by atoms with Crippen molar-refractivity contribution in [3.8, 4) is 11.5 Å². The minimum Gasteiger partial charge on any atom is -0.484 e. The first kappa shape index (κ1) is 19.6. The van der Waals surface area contributed by atoms with Gasteiger partial charge in [-0.2, -0.15) is 0 Å². The molecule has 0 radical (unpaired) electrons. The number of fused-ring (bicyclic) bond motifs is 1. The van der Waals surface area contributed by atoms with Crippen molar-refractivity contribution in [1.82, 2.24) is 5.32 Å². The molecule has 1 aromatic heterocycles. The van der Waals surface area contributed by atoms with Crippen molar-refractivity contribution in [2.24, 2.45) is 5.92 Å². The van der Waals surface area contributed by atoms with Gasteiger partial charge in [-0.25, -0.2) is 4.79 Å². The molecule has 3 rings (SSSR count). The maximum atomic E-state index is 12.4. The normalized spacial score (nSPS) is 15.2. The maximum Gasteiger partial charge on any atom is 0.326 e. The van der Waals surface area contributed by atoms with Gasteiger partial charge in [-0.1, -0.05) is 19.9 Å². The van der Waals surface area contributed by atoms with E-state index in [-0.39, 0.29) is 24.1 Å². The Kier molecular flexibility index (Phi) is 5.79. The van der Waals surface area contributed by atoms with Crippen LogP contribution in [0.15, 0.2) is 41.5 Å². The predicted molar refractivity (Wildman–Crippen MR) is 104 cm³/mol. The highest BCUT2D eigenvalue weighted by Gasteiger charge is 2.28. The summed E-state index contributed by atoms with van der Waals surface area (Å²) in [5, 5.41) is 13.4. The van der Waals surface area contributed by atoms with Gasteiger partial charge in [0.05, 0.1) is 5.56 Å². The summed E-state index contributed by atoms with van der Waals surface area (Å²) in [6.45, 7) is 3.06. The van der Waals surface area contributed by atoms with E-state index in [1.165, 1.54) is 17.4 Å². The van der Waals surface area contributed by atoms with Crippen molar-refractivity contribution >= 4 is 35.1 Å². The van der Waals surface area contributed by atoms with Crippen molar-refractivity contribution in [3.63, 3.8) is 0 Å². The van der Waals surface area contributed by atoms with Gasteiger partial charge in [-0.15, -0.1) is 11.3 Å². The smallest absolute Gasteiger partial charge is 0.326 e. The van der Waals surface area contributed by atoms with Gasteiger partial charge in [0.2, 0.25) is 5.78 Å². The summed E-state index contributed by atoms with van der Waals surface area (Å²) in [4.78, 5) is 36.4. The van der Waals surface area contributed by atoms with E-state index in [0.717, 1.165) is 4.88 Å². The number of thiophene rings is 1. The largest absolute Gasteiger partial charge is 0.484 e. The molecule has 8 heteroatoms. The number of rotatable bonds is 7. The molecule has 1 aromatic carbocycles. The second-order valence-corrected chi connectivity index (χ2v) is 7.51. The molecule has 2 heterocycles. The summed E-state index contributed by atoms with van der Waals surface area (Å²) in [7, 11) is 0. The average molecular weight is 401 g/mol. The SMILES string of the molecule is CC(C)[C@@H](NC(=O)COc1ccc2c(c1)OC(=Cc1cccs1)C2=O)C(=O)O. The van der Waals surface area contributed by atoms with E-state index >= 15 is 0 Å². The molecule has 1 atom stereocenters. The Hall–Kier alpha value is -3.13. The lowest BCUT2D eigenvalue weighted by Crippen LogP contribution is -2.46. The van der Waals surface area contributed by atoms with Crippen LogP contribution in [0.4, 0.5) is 0 Å². The number of Topliss-reactive ketones (excluding diaryl/α,β-unsaturated/α-hetero) is 1. The van der Waals surface area contributed by atoms with E-state index < -0.39 is 17.9 Å². The van der Waals surface area contributed by atoms with Crippen LogP contribution in [-0.2, 0) is 9.59 Å². The summed E-state index contributed by atoms with van der Waals surface area (Å²) >= 11 is 1.49. The number of carboxylic acid groups (broad SMARTS) is 1. The fourth-order valence-electron chi connectivity index (χ4n) is 2.64. The molecule has 146 valence electrons. The van der Waals surface area contributed by atoms with E-state index in [1.807, 2.05) is 17.5 Å². The molecule has 0 saturated carbocycles. The monoisotopic (exact) mass is 401 g/mol. The summed E-state index contributed by atoms with van der Waals surface area (Å²) in [5.74, 6) is -1.18. The summed E-state index contributed by atoms with van der Waals surface area (Å²) in [6, 6.07) is 7.46. The van der Waals surface area contributed by atoms with Gasteiger partial charge in [0.1, 0.15) is 17.5 Å². The van der Waals surface area contributed by atoms with Crippen LogP contribution in [0, 0.1) is 5.92 Å². The number of benzene rings is 1. The van der Waals surface area contributed by atoms with Crippen molar-refractivity contribution < 1.29 is 29.0 Å². The lowest BCUT2D eigenvalue weighted by molar-refractivity contribution is -0.143. The van der Waals surface area contributed by atoms with Crippen LogP contribution >= 0.6 is 11.3 Å². The number of carbonyl (C=O) groups excluding carboxylic acids is 2. The number of carboxylic acids is 1. The highest BCUT2D eigenvalue weighted by Crippen LogP contribution is 2.35. The number of hydrogen-bond acceptors (Lipinski definition) is 6. The van der Waals surface area contributed by atoms with Gasteiger partial charge in [0.15, 0.2) is 12.4 Å². The van der Waals surface area contributed by atoms with Gasteiger partial charge < -0.3 is 19.9 Å². The standard InChI is InChI=1S/C20H19NO6S/c1-11(2)18(20(24)25)21-17(22)10-26-12-5-6-14-15(8-12)27-16(19(14)23)9-13-4-3-7-28-13/h3-9,11,18H,10H2,1-2H3,(H,21,22)(H,24,25)/t18-/m1/s1.